The van der Waals surface area contributed by atoms with Crippen molar-refractivity contribution in [2.45, 2.75) is 33.1 Å². The Bertz CT molecular complexity index is 1130. The molecule has 3 aromatic carbocycles. The number of aromatic nitrogens is 1. The van der Waals surface area contributed by atoms with Crippen molar-refractivity contribution in [2.24, 2.45) is 7.05 Å². The molecule has 0 fully saturated rings. The SMILES string of the molecule is Cc1ccc2ccccc2c1-c1ccc2ccc(C(C)(C)C)cc2[n+]1C. The van der Waals surface area contributed by atoms with Crippen molar-refractivity contribution in [1.29, 1.82) is 0 Å². The van der Waals surface area contributed by atoms with Gasteiger partial charge in [0.15, 0.2) is 0 Å². The summed E-state index contributed by atoms with van der Waals surface area (Å²) in [6.45, 7) is 9.02. The molecule has 0 saturated carbocycles. The van der Waals surface area contributed by atoms with E-state index >= 15 is 0 Å². The van der Waals surface area contributed by atoms with Gasteiger partial charge in [-0.25, -0.2) is 0 Å². The lowest BCUT2D eigenvalue weighted by Crippen LogP contribution is -2.32. The Kier molecular flexibility index (Phi) is 3.84. The predicted octanol–water partition coefficient (Wildman–Crippen LogP) is 6.09. The molecule has 0 atom stereocenters. The number of pyridine rings is 1. The van der Waals surface area contributed by atoms with Crippen molar-refractivity contribution in [3.63, 3.8) is 0 Å². The Morgan fingerprint density at radius 1 is 0.769 bits per heavy atom. The van der Waals surface area contributed by atoms with E-state index in [-0.39, 0.29) is 5.41 Å². The zero-order valence-electron chi connectivity index (χ0n) is 16.3. The standard InChI is InChI=1S/C25H26N/c1-17-10-11-18-8-6-7-9-21(18)24(17)22-15-13-19-12-14-20(25(2,3)4)16-23(19)26(22)5/h6-16H,1-5H3/q+1. The molecule has 1 heteroatoms. The van der Waals surface area contributed by atoms with Crippen LogP contribution in [0.3, 0.4) is 0 Å². The first-order chi connectivity index (χ1) is 12.4. The van der Waals surface area contributed by atoms with Gasteiger partial charge in [-0.2, -0.15) is 4.57 Å². The third kappa shape index (κ3) is 2.68. The maximum atomic E-state index is 2.35. The number of hydrogen-bond donors (Lipinski definition) is 0. The van der Waals surface area contributed by atoms with Crippen LogP contribution in [0.5, 0.6) is 0 Å². The van der Waals surface area contributed by atoms with E-state index in [9.17, 15) is 0 Å². The summed E-state index contributed by atoms with van der Waals surface area (Å²) in [5.41, 5.74) is 6.69. The molecule has 1 nitrogen and oxygen atoms in total. The number of aryl methyl sites for hydroxylation is 2. The van der Waals surface area contributed by atoms with Gasteiger partial charge < -0.3 is 0 Å². The van der Waals surface area contributed by atoms with Crippen LogP contribution in [0.25, 0.3) is 32.9 Å². The largest absolute Gasteiger partial charge is 0.213 e. The second kappa shape index (κ2) is 5.95. The number of benzene rings is 3. The van der Waals surface area contributed by atoms with Crippen LogP contribution in [0.15, 0.2) is 66.7 Å². The van der Waals surface area contributed by atoms with E-state index in [0.717, 1.165) is 0 Å². The van der Waals surface area contributed by atoms with Crippen molar-refractivity contribution in [1.82, 2.24) is 0 Å². The summed E-state index contributed by atoms with van der Waals surface area (Å²) in [5, 5.41) is 3.88. The fourth-order valence-corrected chi connectivity index (χ4v) is 3.82. The Labute approximate surface area is 155 Å². The molecule has 0 aliphatic carbocycles. The minimum Gasteiger partial charge on any atom is -0.194 e. The monoisotopic (exact) mass is 340 g/mol. The molecule has 0 bridgehead atoms. The van der Waals surface area contributed by atoms with Gasteiger partial charge >= 0.3 is 0 Å². The predicted molar refractivity (Wildman–Crippen MR) is 112 cm³/mol. The van der Waals surface area contributed by atoms with Gasteiger partial charge in [0.05, 0.1) is 5.56 Å². The van der Waals surface area contributed by atoms with Gasteiger partial charge in [-0.15, -0.1) is 0 Å². The molecule has 0 aliphatic rings. The van der Waals surface area contributed by atoms with Crippen LogP contribution >= 0.6 is 0 Å². The van der Waals surface area contributed by atoms with Crippen LogP contribution in [-0.2, 0) is 12.5 Å². The Morgan fingerprint density at radius 3 is 2.23 bits per heavy atom. The molecule has 0 unspecified atom stereocenters. The first-order valence-electron chi connectivity index (χ1n) is 9.28. The molecule has 130 valence electrons. The molecule has 0 N–H and O–H groups in total. The summed E-state index contributed by atoms with van der Waals surface area (Å²) in [5.74, 6) is 0. The van der Waals surface area contributed by atoms with E-state index in [1.165, 1.54) is 44.1 Å². The maximum absolute atomic E-state index is 2.35. The van der Waals surface area contributed by atoms with Crippen LogP contribution in [0.4, 0.5) is 0 Å². The zero-order chi connectivity index (χ0) is 18.5. The summed E-state index contributed by atoms with van der Waals surface area (Å²) >= 11 is 0. The topological polar surface area (TPSA) is 3.88 Å². The smallest absolute Gasteiger partial charge is 0.194 e. The van der Waals surface area contributed by atoms with Crippen LogP contribution in [0, 0.1) is 6.92 Å². The van der Waals surface area contributed by atoms with Crippen LogP contribution in [-0.4, -0.2) is 0 Å². The fourth-order valence-electron chi connectivity index (χ4n) is 3.82. The lowest BCUT2D eigenvalue weighted by molar-refractivity contribution is -0.633. The first kappa shape index (κ1) is 16.8. The highest BCUT2D eigenvalue weighted by Gasteiger charge is 2.21. The Morgan fingerprint density at radius 2 is 1.46 bits per heavy atom. The molecule has 1 aromatic heterocycles. The molecule has 0 spiro atoms. The van der Waals surface area contributed by atoms with E-state index in [1.54, 1.807) is 0 Å². The minimum atomic E-state index is 0.145. The van der Waals surface area contributed by atoms with Gasteiger partial charge in [0.25, 0.3) is 0 Å². The van der Waals surface area contributed by atoms with Gasteiger partial charge in [0, 0.05) is 17.5 Å². The minimum absolute atomic E-state index is 0.145. The zero-order valence-corrected chi connectivity index (χ0v) is 16.3. The summed E-state index contributed by atoms with van der Waals surface area (Å²) in [6.07, 6.45) is 0. The highest BCUT2D eigenvalue weighted by molar-refractivity contribution is 5.97. The molecule has 26 heavy (non-hydrogen) atoms. The quantitative estimate of drug-likeness (QED) is 0.369. The number of fused-ring (bicyclic) bond motifs is 2. The Hall–Kier alpha value is -2.67. The highest BCUT2D eigenvalue weighted by Crippen LogP contribution is 2.32. The van der Waals surface area contributed by atoms with Crippen molar-refractivity contribution in [3.8, 4) is 11.3 Å². The van der Waals surface area contributed by atoms with Gasteiger partial charge in [0.2, 0.25) is 11.2 Å². The van der Waals surface area contributed by atoms with E-state index < -0.39 is 0 Å². The normalized spacial score (nSPS) is 12.0. The van der Waals surface area contributed by atoms with E-state index in [4.69, 9.17) is 0 Å². The van der Waals surface area contributed by atoms with Gasteiger partial charge in [-0.05, 0) is 46.4 Å². The molecule has 0 aliphatic heterocycles. The molecular weight excluding hydrogens is 314 g/mol. The Balaban J connectivity index is 2.04. The molecule has 0 amide bonds. The van der Waals surface area contributed by atoms with Gasteiger partial charge in [0.1, 0.15) is 7.05 Å². The maximum Gasteiger partial charge on any atom is 0.213 e. The van der Waals surface area contributed by atoms with Crippen LogP contribution in [0.1, 0.15) is 31.9 Å². The molecule has 4 aromatic rings. The third-order valence-electron chi connectivity index (χ3n) is 5.43. The second-order valence-electron chi connectivity index (χ2n) is 8.28. The lowest BCUT2D eigenvalue weighted by atomic mass is 9.86. The van der Waals surface area contributed by atoms with E-state index in [1.807, 2.05) is 0 Å². The van der Waals surface area contributed by atoms with Gasteiger partial charge in [-0.3, -0.25) is 0 Å². The number of hydrogen-bond acceptors (Lipinski definition) is 0. The average Bonchev–Trinajstić information content (AvgIpc) is 2.62. The van der Waals surface area contributed by atoms with Crippen molar-refractivity contribution in [2.75, 3.05) is 0 Å². The summed E-state index contributed by atoms with van der Waals surface area (Å²) in [7, 11) is 2.19. The fraction of sp³-hybridized carbons (Fsp3) is 0.240. The van der Waals surface area contributed by atoms with Crippen molar-refractivity contribution < 1.29 is 4.57 Å². The first-order valence-corrected chi connectivity index (χ1v) is 9.28. The third-order valence-corrected chi connectivity index (χ3v) is 5.43. The molecule has 4 rings (SSSR count). The molecule has 1 heterocycles. The summed E-state index contributed by atoms with van der Waals surface area (Å²) in [6, 6.07) is 24.5. The van der Waals surface area contributed by atoms with Crippen LogP contribution in [0.2, 0.25) is 0 Å². The highest BCUT2D eigenvalue weighted by atomic mass is 14.9. The van der Waals surface area contributed by atoms with Crippen LogP contribution < -0.4 is 4.57 Å². The van der Waals surface area contributed by atoms with Crippen molar-refractivity contribution in [3.05, 3.63) is 77.9 Å². The lowest BCUT2D eigenvalue weighted by Gasteiger charge is -2.19. The van der Waals surface area contributed by atoms with E-state index in [0.29, 0.717) is 0 Å². The van der Waals surface area contributed by atoms with Crippen molar-refractivity contribution >= 4 is 21.7 Å². The van der Waals surface area contributed by atoms with Gasteiger partial charge in [-0.1, -0.05) is 63.2 Å². The number of nitrogens with zero attached hydrogens (tertiary/aromatic N) is 1. The molecular formula is C25H26N+. The van der Waals surface area contributed by atoms with E-state index in [2.05, 4.69) is 106 Å². The summed E-state index contributed by atoms with van der Waals surface area (Å²) < 4.78 is 2.35. The second-order valence-corrected chi connectivity index (χ2v) is 8.28. The summed E-state index contributed by atoms with van der Waals surface area (Å²) in [4.78, 5) is 0. The molecule has 0 radical (unpaired) electrons. The number of rotatable bonds is 1. The average molecular weight is 340 g/mol. The molecule has 0 saturated heterocycles.